The van der Waals surface area contributed by atoms with Gasteiger partial charge in [-0.25, -0.2) is 0 Å². The Morgan fingerprint density at radius 3 is 2.41 bits per heavy atom. The van der Waals surface area contributed by atoms with Gasteiger partial charge in [0.25, 0.3) is 0 Å². The second-order valence-corrected chi connectivity index (χ2v) is 5.52. The molecular weight excluding hydrogens is 212 g/mol. The lowest BCUT2D eigenvalue weighted by atomic mass is 9.88. The lowest BCUT2D eigenvalue weighted by Crippen LogP contribution is -2.52. The van der Waals surface area contributed by atoms with Gasteiger partial charge in [-0.2, -0.15) is 0 Å². The number of aliphatic hydroxyl groups is 1. The SMILES string of the molecule is CCC1CN(CC(O)(CC)CC)CCC1NC. The van der Waals surface area contributed by atoms with Gasteiger partial charge in [0.2, 0.25) is 0 Å². The summed E-state index contributed by atoms with van der Waals surface area (Å²) >= 11 is 0. The Balaban J connectivity index is 2.52. The Morgan fingerprint density at radius 1 is 1.29 bits per heavy atom. The van der Waals surface area contributed by atoms with Crippen LogP contribution < -0.4 is 5.32 Å². The first-order chi connectivity index (χ1) is 8.08. The van der Waals surface area contributed by atoms with Crippen LogP contribution in [-0.2, 0) is 0 Å². The second kappa shape index (κ2) is 6.72. The Morgan fingerprint density at radius 2 is 1.94 bits per heavy atom. The molecule has 0 bridgehead atoms. The normalized spacial score (nSPS) is 27.4. The van der Waals surface area contributed by atoms with Crippen LogP contribution >= 0.6 is 0 Å². The van der Waals surface area contributed by atoms with Crippen LogP contribution in [0.25, 0.3) is 0 Å². The fourth-order valence-corrected chi connectivity index (χ4v) is 2.93. The fourth-order valence-electron chi connectivity index (χ4n) is 2.93. The lowest BCUT2D eigenvalue weighted by Gasteiger charge is -2.41. The summed E-state index contributed by atoms with van der Waals surface area (Å²) in [4.78, 5) is 2.45. The van der Waals surface area contributed by atoms with Gasteiger partial charge in [-0.05, 0) is 38.8 Å². The minimum Gasteiger partial charge on any atom is -0.389 e. The predicted octanol–water partition coefficient (Wildman–Crippen LogP) is 1.86. The molecule has 0 spiro atoms. The van der Waals surface area contributed by atoms with E-state index in [1.54, 1.807) is 0 Å². The smallest absolute Gasteiger partial charge is 0.0768 e. The van der Waals surface area contributed by atoms with Gasteiger partial charge in [0.1, 0.15) is 0 Å². The van der Waals surface area contributed by atoms with E-state index in [1.807, 2.05) is 0 Å². The van der Waals surface area contributed by atoms with Crippen LogP contribution in [0.4, 0.5) is 0 Å². The summed E-state index contributed by atoms with van der Waals surface area (Å²) in [6, 6.07) is 0.660. The van der Waals surface area contributed by atoms with Crippen molar-refractivity contribution in [1.29, 1.82) is 0 Å². The van der Waals surface area contributed by atoms with E-state index in [0.717, 1.165) is 38.4 Å². The van der Waals surface area contributed by atoms with Crippen molar-refractivity contribution in [1.82, 2.24) is 10.2 Å². The molecule has 3 nitrogen and oxygen atoms in total. The topological polar surface area (TPSA) is 35.5 Å². The molecule has 0 aromatic heterocycles. The molecule has 0 aromatic carbocycles. The first-order valence-electron chi connectivity index (χ1n) is 7.20. The zero-order chi connectivity index (χ0) is 12.9. The molecule has 1 rings (SSSR count). The average Bonchev–Trinajstić information content (AvgIpc) is 2.38. The highest BCUT2D eigenvalue weighted by Crippen LogP contribution is 2.23. The maximum Gasteiger partial charge on any atom is 0.0768 e. The summed E-state index contributed by atoms with van der Waals surface area (Å²) in [7, 11) is 2.07. The van der Waals surface area contributed by atoms with E-state index in [0.29, 0.717) is 6.04 Å². The van der Waals surface area contributed by atoms with E-state index in [-0.39, 0.29) is 0 Å². The number of likely N-dealkylation sites (tertiary alicyclic amines) is 1. The Bertz CT molecular complexity index is 216. The molecule has 1 aliphatic heterocycles. The fraction of sp³-hybridized carbons (Fsp3) is 1.00. The van der Waals surface area contributed by atoms with Crippen LogP contribution in [-0.4, -0.2) is 48.3 Å². The molecule has 3 heteroatoms. The zero-order valence-electron chi connectivity index (χ0n) is 12.0. The number of nitrogens with zero attached hydrogens (tertiary/aromatic N) is 1. The first kappa shape index (κ1) is 14.9. The van der Waals surface area contributed by atoms with Gasteiger partial charge in [0, 0.05) is 19.1 Å². The highest BCUT2D eigenvalue weighted by molar-refractivity contribution is 4.87. The van der Waals surface area contributed by atoms with Crippen molar-refractivity contribution in [2.24, 2.45) is 5.92 Å². The van der Waals surface area contributed by atoms with Gasteiger partial charge < -0.3 is 15.3 Å². The Labute approximate surface area is 107 Å². The molecule has 0 saturated carbocycles. The van der Waals surface area contributed by atoms with E-state index in [4.69, 9.17) is 0 Å². The Hall–Kier alpha value is -0.120. The number of β-amino-alcohol motifs (C(OH)–C–C–N with tert-alkyl or cyclic N) is 1. The average molecular weight is 242 g/mol. The van der Waals surface area contributed by atoms with E-state index < -0.39 is 5.60 Å². The van der Waals surface area contributed by atoms with Gasteiger partial charge in [-0.3, -0.25) is 0 Å². The molecule has 102 valence electrons. The van der Waals surface area contributed by atoms with Crippen molar-refractivity contribution in [2.45, 2.75) is 58.1 Å². The molecule has 2 N–H and O–H groups in total. The molecular formula is C14H30N2O. The molecule has 1 heterocycles. The van der Waals surface area contributed by atoms with Crippen molar-refractivity contribution in [3.8, 4) is 0 Å². The van der Waals surface area contributed by atoms with E-state index in [9.17, 15) is 5.11 Å². The van der Waals surface area contributed by atoms with E-state index in [1.165, 1.54) is 12.8 Å². The van der Waals surface area contributed by atoms with Crippen LogP contribution in [0.15, 0.2) is 0 Å². The van der Waals surface area contributed by atoms with Crippen LogP contribution in [0.2, 0.25) is 0 Å². The summed E-state index contributed by atoms with van der Waals surface area (Å²) in [5.41, 5.74) is -0.481. The van der Waals surface area contributed by atoms with Crippen LogP contribution in [0.5, 0.6) is 0 Å². The van der Waals surface area contributed by atoms with Gasteiger partial charge in [0.15, 0.2) is 0 Å². The van der Waals surface area contributed by atoms with E-state index in [2.05, 4.69) is 38.0 Å². The summed E-state index contributed by atoms with van der Waals surface area (Å²) in [5, 5.41) is 13.8. The van der Waals surface area contributed by atoms with Gasteiger partial charge >= 0.3 is 0 Å². The van der Waals surface area contributed by atoms with Gasteiger partial charge in [-0.1, -0.05) is 27.2 Å². The third-order valence-corrected chi connectivity index (χ3v) is 4.55. The lowest BCUT2D eigenvalue weighted by molar-refractivity contribution is -0.0174. The molecule has 2 atom stereocenters. The highest BCUT2D eigenvalue weighted by atomic mass is 16.3. The minimum absolute atomic E-state index is 0.481. The van der Waals surface area contributed by atoms with Crippen molar-refractivity contribution in [2.75, 3.05) is 26.7 Å². The molecule has 1 saturated heterocycles. The van der Waals surface area contributed by atoms with Gasteiger partial charge in [-0.15, -0.1) is 0 Å². The summed E-state index contributed by atoms with van der Waals surface area (Å²) in [5.74, 6) is 0.728. The number of rotatable bonds is 6. The summed E-state index contributed by atoms with van der Waals surface area (Å²) < 4.78 is 0. The largest absolute Gasteiger partial charge is 0.389 e. The van der Waals surface area contributed by atoms with Crippen LogP contribution in [0, 0.1) is 5.92 Å². The number of hydrogen-bond acceptors (Lipinski definition) is 3. The maximum absolute atomic E-state index is 10.4. The monoisotopic (exact) mass is 242 g/mol. The number of piperidine rings is 1. The molecule has 1 aliphatic rings. The van der Waals surface area contributed by atoms with Crippen molar-refractivity contribution < 1.29 is 5.11 Å². The molecule has 0 aliphatic carbocycles. The molecule has 0 amide bonds. The van der Waals surface area contributed by atoms with Crippen LogP contribution in [0.1, 0.15) is 46.5 Å². The predicted molar refractivity (Wildman–Crippen MR) is 73.2 cm³/mol. The molecule has 2 unspecified atom stereocenters. The first-order valence-corrected chi connectivity index (χ1v) is 7.20. The third-order valence-electron chi connectivity index (χ3n) is 4.55. The van der Waals surface area contributed by atoms with Crippen LogP contribution in [0.3, 0.4) is 0 Å². The minimum atomic E-state index is -0.481. The van der Waals surface area contributed by atoms with E-state index >= 15 is 0 Å². The van der Waals surface area contributed by atoms with Crippen molar-refractivity contribution >= 4 is 0 Å². The number of hydrogen-bond donors (Lipinski definition) is 2. The quantitative estimate of drug-likeness (QED) is 0.746. The highest BCUT2D eigenvalue weighted by Gasteiger charge is 2.31. The standard InChI is InChI=1S/C14H30N2O/c1-5-12-10-16(9-8-13(12)15-4)11-14(17,6-2)7-3/h12-13,15,17H,5-11H2,1-4H3. The third kappa shape index (κ3) is 3.94. The summed E-state index contributed by atoms with van der Waals surface area (Å²) in [6.07, 6.45) is 4.13. The second-order valence-electron chi connectivity index (χ2n) is 5.52. The Kier molecular flexibility index (Phi) is 5.90. The molecule has 0 aromatic rings. The maximum atomic E-state index is 10.4. The van der Waals surface area contributed by atoms with Crippen molar-refractivity contribution in [3.05, 3.63) is 0 Å². The molecule has 17 heavy (non-hydrogen) atoms. The van der Waals surface area contributed by atoms with Crippen molar-refractivity contribution in [3.63, 3.8) is 0 Å². The molecule has 1 fully saturated rings. The number of nitrogens with one attached hydrogen (secondary N) is 1. The van der Waals surface area contributed by atoms with Gasteiger partial charge in [0.05, 0.1) is 5.60 Å². The summed E-state index contributed by atoms with van der Waals surface area (Å²) in [6.45, 7) is 9.52. The molecule has 0 radical (unpaired) electrons. The zero-order valence-corrected chi connectivity index (χ0v) is 12.0.